The van der Waals surface area contributed by atoms with Crippen molar-refractivity contribution in [3.05, 3.63) is 0 Å². The van der Waals surface area contributed by atoms with Gasteiger partial charge in [0.05, 0.1) is 12.0 Å². The molecule has 1 atom stereocenters. The standard InChI is InChI=1S/C16H27NO5/c1-5-16(4,21-11-9-12(2)3)10-8-15(20)22-17-13(18)6-7-14(17)19/h12H,5-11H2,1-4H3. The van der Waals surface area contributed by atoms with E-state index in [2.05, 4.69) is 13.8 Å². The lowest BCUT2D eigenvalue weighted by Crippen LogP contribution is -2.34. The molecule has 22 heavy (non-hydrogen) atoms. The molecule has 0 aliphatic carbocycles. The average Bonchev–Trinajstić information content (AvgIpc) is 2.76. The molecule has 0 N–H and O–H groups in total. The van der Waals surface area contributed by atoms with Crippen LogP contribution in [0, 0.1) is 5.92 Å². The first-order valence-electron chi connectivity index (χ1n) is 7.98. The van der Waals surface area contributed by atoms with E-state index in [0.717, 1.165) is 12.8 Å². The van der Waals surface area contributed by atoms with Gasteiger partial charge in [-0.3, -0.25) is 9.59 Å². The van der Waals surface area contributed by atoms with Crippen molar-refractivity contribution in [2.75, 3.05) is 6.61 Å². The van der Waals surface area contributed by atoms with Gasteiger partial charge in [0.25, 0.3) is 11.8 Å². The van der Waals surface area contributed by atoms with Crippen LogP contribution in [0.2, 0.25) is 0 Å². The van der Waals surface area contributed by atoms with Gasteiger partial charge in [-0.15, -0.1) is 5.06 Å². The van der Waals surface area contributed by atoms with E-state index >= 15 is 0 Å². The molecular formula is C16H27NO5. The van der Waals surface area contributed by atoms with E-state index in [1.165, 1.54) is 0 Å². The second-order valence-corrected chi connectivity index (χ2v) is 6.38. The van der Waals surface area contributed by atoms with Crippen LogP contribution in [0.4, 0.5) is 0 Å². The molecule has 6 heteroatoms. The lowest BCUT2D eigenvalue weighted by Gasteiger charge is -2.29. The Morgan fingerprint density at radius 2 is 1.86 bits per heavy atom. The highest BCUT2D eigenvalue weighted by Crippen LogP contribution is 2.23. The maximum atomic E-state index is 11.8. The van der Waals surface area contributed by atoms with E-state index in [0.29, 0.717) is 24.0 Å². The maximum absolute atomic E-state index is 11.8. The van der Waals surface area contributed by atoms with Gasteiger partial charge in [-0.05, 0) is 32.1 Å². The van der Waals surface area contributed by atoms with Crippen LogP contribution in [0.5, 0.6) is 0 Å². The van der Waals surface area contributed by atoms with Gasteiger partial charge in [0.15, 0.2) is 0 Å². The van der Waals surface area contributed by atoms with Crippen LogP contribution in [0.15, 0.2) is 0 Å². The topological polar surface area (TPSA) is 72.9 Å². The van der Waals surface area contributed by atoms with Crippen molar-refractivity contribution in [1.82, 2.24) is 5.06 Å². The molecule has 0 spiro atoms. The third-order valence-corrected chi connectivity index (χ3v) is 3.95. The Morgan fingerprint density at radius 3 is 2.36 bits per heavy atom. The Labute approximate surface area is 132 Å². The van der Waals surface area contributed by atoms with Crippen molar-refractivity contribution < 1.29 is 24.0 Å². The highest BCUT2D eigenvalue weighted by molar-refractivity contribution is 6.01. The molecule has 0 aromatic carbocycles. The zero-order chi connectivity index (χ0) is 16.8. The number of imide groups is 1. The van der Waals surface area contributed by atoms with Gasteiger partial charge in [-0.2, -0.15) is 0 Å². The number of hydrogen-bond donors (Lipinski definition) is 0. The van der Waals surface area contributed by atoms with Gasteiger partial charge in [-0.25, -0.2) is 4.79 Å². The van der Waals surface area contributed by atoms with E-state index in [1.807, 2.05) is 13.8 Å². The first-order chi connectivity index (χ1) is 10.3. The summed E-state index contributed by atoms with van der Waals surface area (Å²) >= 11 is 0. The zero-order valence-corrected chi connectivity index (χ0v) is 14.0. The molecule has 1 saturated heterocycles. The number of rotatable bonds is 9. The summed E-state index contributed by atoms with van der Waals surface area (Å²) < 4.78 is 5.90. The summed E-state index contributed by atoms with van der Waals surface area (Å²) in [6.45, 7) is 8.89. The second-order valence-electron chi connectivity index (χ2n) is 6.38. The molecule has 1 aliphatic heterocycles. The number of carbonyl (C=O) groups is 3. The molecule has 2 amide bonds. The van der Waals surface area contributed by atoms with Crippen molar-refractivity contribution in [3.8, 4) is 0 Å². The zero-order valence-electron chi connectivity index (χ0n) is 14.0. The Bertz CT molecular complexity index is 405. The predicted octanol–water partition coefficient (Wildman–Crippen LogP) is 2.61. The maximum Gasteiger partial charge on any atom is 0.333 e. The van der Waals surface area contributed by atoms with E-state index < -0.39 is 23.4 Å². The van der Waals surface area contributed by atoms with Crippen LogP contribution >= 0.6 is 0 Å². The molecule has 6 nitrogen and oxygen atoms in total. The van der Waals surface area contributed by atoms with Gasteiger partial charge in [0.1, 0.15) is 0 Å². The molecule has 0 radical (unpaired) electrons. The average molecular weight is 313 g/mol. The normalized spacial score (nSPS) is 18.0. The van der Waals surface area contributed by atoms with Gasteiger partial charge in [-0.1, -0.05) is 20.8 Å². The molecule has 1 aliphatic rings. The van der Waals surface area contributed by atoms with Crippen molar-refractivity contribution in [2.45, 2.75) is 71.8 Å². The van der Waals surface area contributed by atoms with Gasteiger partial charge >= 0.3 is 5.97 Å². The quantitative estimate of drug-likeness (QED) is 0.612. The minimum Gasteiger partial charge on any atom is -0.375 e. The van der Waals surface area contributed by atoms with E-state index in [1.54, 1.807) is 0 Å². The Hall–Kier alpha value is -1.43. The molecule has 0 aromatic rings. The predicted molar refractivity (Wildman–Crippen MR) is 80.5 cm³/mol. The van der Waals surface area contributed by atoms with E-state index in [-0.39, 0.29) is 19.3 Å². The van der Waals surface area contributed by atoms with Gasteiger partial charge in [0, 0.05) is 19.4 Å². The third-order valence-electron chi connectivity index (χ3n) is 3.95. The van der Waals surface area contributed by atoms with E-state index in [4.69, 9.17) is 9.57 Å². The summed E-state index contributed by atoms with van der Waals surface area (Å²) in [7, 11) is 0. The Kier molecular flexibility index (Phi) is 7.00. The number of amides is 2. The minimum atomic E-state index is -0.573. The summed E-state index contributed by atoms with van der Waals surface area (Å²) in [5, 5.41) is 0.589. The fourth-order valence-corrected chi connectivity index (χ4v) is 2.06. The van der Waals surface area contributed by atoms with Crippen molar-refractivity contribution in [1.29, 1.82) is 0 Å². The summed E-state index contributed by atoms with van der Waals surface area (Å²) in [4.78, 5) is 39.4. The Balaban J connectivity index is 2.39. The molecular weight excluding hydrogens is 286 g/mol. The summed E-state index contributed by atoms with van der Waals surface area (Å²) in [5.74, 6) is -0.913. The Morgan fingerprint density at radius 1 is 1.27 bits per heavy atom. The first-order valence-corrected chi connectivity index (χ1v) is 7.98. The van der Waals surface area contributed by atoms with Crippen molar-refractivity contribution in [3.63, 3.8) is 0 Å². The lowest BCUT2D eigenvalue weighted by molar-refractivity contribution is -0.198. The fourth-order valence-electron chi connectivity index (χ4n) is 2.06. The van der Waals surface area contributed by atoms with E-state index in [9.17, 15) is 14.4 Å². The van der Waals surface area contributed by atoms with Crippen LogP contribution in [0.3, 0.4) is 0 Å². The van der Waals surface area contributed by atoms with Gasteiger partial charge < -0.3 is 9.57 Å². The van der Waals surface area contributed by atoms with Crippen molar-refractivity contribution >= 4 is 17.8 Å². The monoisotopic (exact) mass is 313 g/mol. The number of ether oxygens (including phenoxy) is 1. The molecule has 0 aromatic heterocycles. The fraction of sp³-hybridized carbons (Fsp3) is 0.812. The summed E-state index contributed by atoms with van der Waals surface area (Å²) in [5.41, 5.74) is -0.396. The first kappa shape index (κ1) is 18.6. The van der Waals surface area contributed by atoms with Crippen LogP contribution in [0.25, 0.3) is 0 Å². The van der Waals surface area contributed by atoms with Crippen molar-refractivity contribution in [2.24, 2.45) is 5.92 Å². The summed E-state index contributed by atoms with van der Waals surface area (Å²) in [6.07, 6.45) is 2.57. The van der Waals surface area contributed by atoms with Crippen LogP contribution in [-0.4, -0.2) is 35.1 Å². The molecule has 0 bridgehead atoms. The highest BCUT2D eigenvalue weighted by atomic mass is 16.7. The third kappa shape index (κ3) is 5.75. The molecule has 1 fully saturated rings. The minimum absolute atomic E-state index is 0.108. The SMILES string of the molecule is CCC(C)(CCC(=O)ON1C(=O)CCC1=O)OCCC(C)C. The number of carbonyl (C=O) groups excluding carboxylic acids is 3. The number of hydroxylamine groups is 2. The molecule has 126 valence electrons. The molecule has 1 heterocycles. The van der Waals surface area contributed by atoms with Crippen LogP contribution in [-0.2, 0) is 24.0 Å². The molecule has 1 unspecified atom stereocenters. The second kappa shape index (κ2) is 8.27. The lowest BCUT2D eigenvalue weighted by atomic mass is 9.96. The van der Waals surface area contributed by atoms with Gasteiger partial charge in [0.2, 0.25) is 0 Å². The van der Waals surface area contributed by atoms with Crippen LogP contribution < -0.4 is 0 Å². The van der Waals surface area contributed by atoms with Crippen LogP contribution in [0.1, 0.15) is 66.2 Å². The highest BCUT2D eigenvalue weighted by Gasteiger charge is 2.33. The molecule has 1 rings (SSSR count). The summed E-state index contributed by atoms with van der Waals surface area (Å²) in [6, 6.07) is 0. The largest absolute Gasteiger partial charge is 0.375 e. The molecule has 0 saturated carbocycles. The number of hydrogen-bond acceptors (Lipinski definition) is 5. The number of nitrogens with zero attached hydrogens (tertiary/aromatic N) is 1. The smallest absolute Gasteiger partial charge is 0.333 e.